The summed E-state index contributed by atoms with van der Waals surface area (Å²) in [6.07, 6.45) is 1.53. The fraction of sp³-hybridized carbons (Fsp3) is 0.417. The number of nitrogens with one attached hydrogen (secondary N) is 2. The Labute approximate surface area is 190 Å². The highest BCUT2D eigenvalue weighted by Gasteiger charge is 2.36. The first-order chi connectivity index (χ1) is 15.4. The number of H-pyrrole nitrogens is 1. The van der Waals surface area contributed by atoms with E-state index in [0.717, 1.165) is 34.9 Å². The van der Waals surface area contributed by atoms with Gasteiger partial charge in [-0.3, -0.25) is 19.4 Å². The monoisotopic (exact) mass is 453 g/mol. The molecular weight excluding hydrogens is 426 g/mol. The van der Waals surface area contributed by atoms with Gasteiger partial charge in [-0.2, -0.15) is 0 Å². The predicted octanol–water partition coefficient (Wildman–Crippen LogP) is 4.24. The number of nitrogens with zero attached hydrogens (tertiary/aromatic N) is 1. The lowest BCUT2D eigenvalue weighted by Crippen LogP contribution is -2.36. The Kier molecular flexibility index (Phi) is 5.29. The van der Waals surface area contributed by atoms with Gasteiger partial charge in [-0.15, -0.1) is 11.8 Å². The lowest BCUT2D eigenvalue weighted by Gasteiger charge is -2.36. The van der Waals surface area contributed by atoms with Gasteiger partial charge in [0.15, 0.2) is 0 Å². The first-order valence-electron chi connectivity index (χ1n) is 10.8. The van der Waals surface area contributed by atoms with Gasteiger partial charge in [-0.25, -0.2) is 0 Å². The summed E-state index contributed by atoms with van der Waals surface area (Å²) < 4.78 is 13.3. The van der Waals surface area contributed by atoms with Crippen LogP contribution in [0.4, 0.5) is 5.82 Å². The Hall–Kier alpha value is -2.71. The molecule has 0 spiro atoms. The second-order valence-corrected chi connectivity index (χ2v) is 10.1. The molecule has 1 aromatic heterocycles. The summed E-state index contributed by atoms with van der Waals surface area (Å²) in [7, 11) is 1.66. The molecule has 2 atom stereocenters. The zero-order chi connectivity index (χ0) is 22.5. The van der Waals surface area contributed by atoms with E-state index in [1.807, 2.05) is 41.1 Å². The van der Waals surface area contributed by atoms with Crippen molar-refractivity contribution in [3.05, 3.63) is 57.9 Å². The molecule has 2 aliphatic rings. The first kappa shape index (κ1) is 21.2. The second-order valence-electron chi connectivity index (χ2n) is 8.97. The molecule has 168 valence electrons. The Morgan fingerprint density at radius 2 is 1.94 bits per heavy atom. The van der Waals surface area contributed by atoms with Gasteiger partial charge in [0.05, 0.1) is 35.3 Å². The number of fused-ring (bicyclic) bond motifs is 2. The summed E-state index contributed by atoms with van der Waals surface area (Å²) in [5.74, 6) is 1.54. The topological polar surface area (TPSA) is 85.4 Å². The van der Waals surface area contributed by atoms with E-state index in [-0.39, 0.29) is 34.1 Å². The Bertz CT molecular complexity index is 1250. The van der Waals surface area contributed by atoms with E-state index in [0.29, 0.717) is 18.0 Å². The van der Waals surface area contributed by atoms with Gasteiger partial charge >= 0.3 is 0 Å². The molecule has 32 heavy (non-hydrogen) atoms. The number of ether oxygens (including phenoxy) is 2. The van der Waals surface area contributed by atoms with E-state index in [4.69, 9.17) is 9.47 Å². The molecule has 1 saturated heterocycles. The van der Waals surface area contributed by atoms with Gasteiger partial charge in [0.25, 0.3) is 5.56 Å². The van der Waals surface area contributed by atoms with Crippen LogP contribution < -0.4 is 15.6 Å². The predicted molar refractivity (Wildman–Crippen MR) is 127 cm³/mol. The minimum absolute atomic E-state index is 0.0480. The third-order valence-electron chi connectivity index (χ3n) is 6.32. The molecule has 1 fully saturated rings. The zero-order valence-electron chi connectivity index (χ0n) is 18.4. The summed E-state index contributed by atoms with van der Waals surface area (Å²) in [6.45, 7) is 4.72. The van der Waals surface area contributed by atoms with Crippen LogP contribution >= 0.6 is 11.8 Å². The maximum absolute atomic E-state index is 13.3. The Morgan fingerprint density at radius 3 is 2.69 bits per heavy atom. The van der Waals surface area contributed by atoms with Crippen LogP contribution in [0.15, 0.2) is 41.2 Å². The maximum atomic E-state index is 13.3. The van der Waals surface area contributed by atoms with E-state index in [9.17, 15) is 9.59 Å². The Balaban J connectivity index is 1.67. The van der Waals surface area contributed by atoms with Crippen LogP contribution in [0.2, 0.25) is 0 Å². The van der Waals surface area contributed by atoms with Crippen molar-refractivity contribution in [1.82, 2.24) is 9.78 Å². The van der Waals surface area contributed by atoms with Gasteiger partial charge in [-0.05, 0) is 43.7 Å². The molecule has 5 rings (SSSR count). The molecule has 0 bridgehead atoms. The fourth-order valence-electron chi connectivity index (χ4n) is 4.88. The number of rotatable bonds is 3. The molecule has 0 unspecified atom stereocenters. The van der Waals surface area contributed by atoms with Crippen molar-refractivity contribution in [3.8, 4) is 5.75 Å². The number of aromatic amines is 1. The van der Waals surface area contributed by atoms with Crippen LogP contribution in [-0.2, 0) is 9.53 Å². The average molecular weight is 454 g/mol. The Morgan fingerprint density at radius 1 is 1.16 bits per heavy atom. The minimum atomic E-state index is -0.286. The van der Waals surface area contributed by atoms with Crippen molar-refractivity contribution in [2.24, 2.45) is 0 Å². The number of carbonyl (C=O) groups is 1. The zero-order valence-corrected chi connectivity index (χ0v) is 19.3. The maximum Gasteiger partial charge on any atom is 0.270 e. The van der Waals surface area contributed by atoms with E-state index >= 15 is 0 Å². The largest absolute Gasteiger partial charge is 0.496 e. The third-order valence-corrected chi connectivity index (χ3v) is 7.57. The number of carbonyl (C=O) groups excluding carboxylic acids is 1. The van der Waals surface area contributed by atoms with Crippen LogP contribution in [0.5, 0.6) is 5.75 Å². The summed E-state index contributed by atoms with van der Waals surface area (Å²) in [5, 5.41) is 7.77. The molecule has 0 radical (unpaired) electrons. The molecule has 2 aromatic carbocycles. The number of amides is 1. The van der Waals surface area contributed by atoms with E-state index < -0.39 is 0 Å². The molecule has 8 heteroatoms. The van der Waals surface area contributed by atoms with Crippen molar-refractivity contribution in [2.75, 3.05) is 24.8 Å². The lowest BCUT2D eigenvalue weighted by molar-refractivity contribution is -0.113. The van der Waals surface area contributed by atoms with Crippen molar-refractivity contribution in [3.63, 3.8) is 0 Å². The molecule has 1 amide bonds. The van der Waals surface area contributed by atoms with Crippen molar-refractivity contribution in [1.29, 1.82) is 0 Å². The number of aromatic nitrogens is 2. The number of hydrogen-bond donors (Lipinski definition) is 2. The highest BCUT2D eigenvalue weighted by Crippen LogP contribution is 2.45. The molecule has 3 aromatic rings. The smallest absolute Gasteiger partial charge is 0.270 e. The summed E-state index contributed by atoms with van der Waals surface area (Å²) in [6, 6.07) is 12.0. The minimum Gasteiger partial charge on any atom is -0.496 e. The molecule has 0 saturated carbocycles. The highest BCUT2D eigenvalue weighted by molar-refractivity contribution is 8.00. The van der Waals surface area contributed by atoms with E-state index in [2.05, 4.69) is 24.3 Å². The van der Waals surface area contributed by atoms with Crippen LogP contribution in [-0.4, -0.2) is 40.8 Å². The molecule has 0 aliphatic carbocycles. The van der Waals surface area contributed by atoms with Crippen molar-refractivity contribution >= 4 is 34.3 Å². The van der Waals surface area contributed by atoms with Gasteiger partial charge in [0, 0.05) is 12.0 Å². The first-order valence-corrected chi connectivity index (χ1v) is 11.9. The van der Waals surface area contributed by atoms with Crippen LogP contribution in [0.25, 0.3) is 10.8 Å². The van der Waals surface area contributed by atoms with Gasteiger partial charge in [0.1, 0.15) is 11.6 Å². The number of anilines is 1. The number of benzene rings is 2. The van der Waals surface area contributed by atoms with Crippen LogP contribution in [0.3, 0.4) is 0 Å². The van der Waals surface area contributed by atoms with Crippen molar-refractivity contribution in [2.45, 2.75) is 43.6 Å². The normalized spacial score (nSPS) is 22.8. The van der Waals surface area contributed by atoms with E-state index in [1.54, 1.807) is 7.11 Å². The molecular formula is C24H27N3O4S. The summed E-state index contributed by atoms with van der Waals surface area (Å²) in [4.78, 5) is 25.9. The number of methoxy groups -OCH3 is 1. The van der Waals surface area contributed by atoms with Crippen molar-refractivity contribution < 1.29 is 14.3 Å². The third kappa shape index (κ3) is 3.61. The second kappa shape index (κ2) is 8.01. The summed E-state index contributed by atoms with van der Waals surface area (Å²) >= 11 is 1.48. The fourth-order valence-corrected chi connectivity index (χ4v) is 6.05. The highest BCUT2D eigenvalue weighted by atomic mass is 32.2. The average Bonchev–Trinajstić information content (AvgIpc) is 2.98. The standard InChI is InChI=1S/C24H27N3O4S/c1-24(2)12-14(10-11-31-24)27-22-20(23(29)26-27)21(32-13-19(28)25-22)17-8-9-18(30-3)16-7-5-4-6-15(16)17/h4-9,14,21H,10-13H2,1-3H3,(H,25,28)(H,26,29)/t14-,21+/m0/s1. The lowest BCUT2D eigenvalue weighted by atomic mass is 9.94. The molecule has 3 heterocycles. The van der Waals surface area contributed by atoms with Crippen LogP contribution in [0.1, 0.15) is 49.1 Å². The number of hydrogen-bond acceptors (Lipinski definition) is 5. The summed E-state index contributed by atoms with van der Waals surface area (Å²) in [5.41, 5.74) is 1.15. The van der Waals surface area contributed by atoms with Gasteiger partial charge in [-0.1, -0.05) is 30.3 Å². The quantitative estimate of drug-likeness (QED) is 0.620. The number of thioether (sulfide) groups is 1. The van der Waals surface area contributed by atoms with Crippen LogP contribution in [0, 0.1) is 0 Å². The molecule has 2 aliphatic heterocycles. The van der Waals surface area contributed by atoms with Gasteiger partial charge < -0.3 is 14.8 Å². The van der Waals surface area contributed by atoms with Gasteiger partial charge in [0.2, 0.25) is 5.91 Å². The van der Waals surface area contributed by atoms with E-state index in [1.165, 1.54) is 11.8 Å². The molecule has 7 nitrogen and oxygen atoms in total. The SMILES string of the molecule is COc1ccc([C@H]2SCC(=O)Nc3c2c(=O)[nH]n3[C@H]2CCOC(C)(C)C2)c2ccccc12. The molecule has 2 N–H and O–H groups in total.